The lowest BCUT2D eigenvalue weighted by molar-refractivity contribution is 0.203. The molecule has 2 N–H and O–H groups in total. The van der Waals surface area contributed by atoms with Crippen molar-refractivity contribution in [2.75, 3.05) is 19.6 Å². The van der Waals surface area contributed by atoms with E-state index in [9.17, 15) is 0 Å². The summed E-state index contributed by atoms with van der Waals surface area (Å²) < 4.78 is 2.02. The molecule has 1 fully saturated rings. The molecule has 1 atom stereocenters. The Hall–Kier alpha value is -1.65. The number of hydrogen-bond acceptors (Lipinski definition) is 3. The standard InChI is InChI=1S/C18H26N4/c1-21-18(7-11-20-21)16-8-12-22(13-9-16)14-10-17(19)15-5-3-2-4-6-15/h2-7,11,16-17H,8-10,12-14,19H2,1H3. The summed E-state index contributed by atoms with van der Waals surface area (Å²) in [5, 5.41) is 4.29. The Bertz CT molecular complexity index is 570. The highest BCUT2D eigenvalue weighted by Gasteiger charge is 2.22. The zero-order valence-corrected chi connectivity index (χ0v) is 13.4. The molecular formula is C18H26N4. The second-order valence-electron chi connectivity index (χ2n) is 6.30. The first kappa shape index (κ1) is 15.3. The Morgan fingerprint density at radius 1 is 1.18 bits per heavy atom. The van der Waals surface area contributed by atoms with Crippen LogP contribution in [0.3, 0.4) is 0 Å². The number of nitrogens with two attached hydrogens (primary N) is 1. The molecule has 2 heterocycles. The summed E-state index contributed by atoms with van der Waals surface area (Å²) >= 11 is 0. The molecule has 1 aliphatic rings. The van der Waals surface area contributed by atoms with Crippen molar-refractivity contribution in [3.63, 3.8) is 0 Å². The van der Waals surface area contributed by atoms with Crippen LogP contribution in [0.4, 0.5) is 0 Å². The largest absolute Gasteiger partial charge is 0.324 e. The molecule has 0 amide bonds. The molecule has 2 aromatic rings. The second-order valence-corrected chi connectivity index (χ2v) is 6.30. The van der Waals surface area contributed by atoms with Crippen LogP contribution in [0.2, 0.25) is 0 Å². The smallest absolute Gasteiger partial charge is 0.0492 e. The minimum absolute atomic E-state index is 0.149. The van der Waals surface area contributed by atoms with Crippen LogP contribution in [0.15, 0.2) is 42.6 Å². The summed E-state index contributed by atoms with van der Waals surface area (Å²) in [4.78, 5) is 2.55. The van der Waals surface area contributed by atoms with Gasteiger partial charge in [0.1, 0.15) is 0 Å². The van der Waals surface area contributed by atoms with Gasteiger partial charge in [0.25, 0.3) is 0 Å². The topological polar surface area (TPSA) is 47.1 Å². The fraction of sp³-hybridized carbons (Fsp3) is 0.500. The molecule has 1 saturated heterocycles. The SMILES string of the molecule is Cn1nccc1C1CCN(CCC(N)c2ccccc2)CC1. The van der Waals surface area contributed by atoms with Gasteiger partial charge in [0.15, 0.2) is 0 Å². The predicted octanol–water partition coefficient (Wildman–Crippen LogP) is 2.69. The Kier molecular flexibility index (Phi) is 4.90. The number of piperidine rings is 1. The van der Waals surface area contributed by atoms with Crippen LogP contribution < -0.4 is 5.73 Å². The van der Waals surface area contributed by atoms with Gasteiger partial charge >= 0.3 is 0 Å². The maximum Gasteiger partial charge on any atom is 0.0492 e. The average Bonchev–Trinajstić information content (AvgIpc) is 3.00. The molecule has 1 aromatic carbocycles. The Labute approximate surface area is 132 Å². The number of likely N-dealkylation sites (tertiary alicyclic amines) is 1. The van der Waals surface area contributed by atoms with Crippen molar-refractivity contribution in [2.45, 2.75) is 31.2 Å². The molecule has 22 heavy (non-hydrogen) atoms. The number of nitrogens with zero attached hydrogens (tertiary/aromatic N) is 3. The summed E-state index contributed by atoms with van der Waals surface area (Å²) in [5.41, 5.74) is 8.92. The van der Waals surface area contributed by atoms with Crippen LogP contribution in [0.25, 0.3) is 0 Å². The van der Waals surface area contributed by atoms with Gasteiger partial charge in [-0.1, -0.05) is 30.3 Å². The summed E-state index contributed by atoms with van der Waals surface area (Å²) in [6.45, 7) is 3.42. The Morgan fingerprint density at radius 2 is 1.91 bits per heavy atom. The highest BCUT2D eigenvalue weighted by atomic mass is 15.3. The third-order valence-electron chi connectivity index (χ3n) is 4.85. The minimum atomic E-state index is 0.149. The van der Waals surface area contributed by atoms with Gasteiger partial charge in [0, 0.05) is 30.9 Å². The van der Waals surface area contributed by atoms with Gasteiger partial charge in [0.05, 0.1) is 0 Å². The first-order valence-electron chi connectivity index (χ1n) is 8.25. The molecule has 0 radical (unpaired) electrons. The molecule has 1 aromatic heterocycles. The average molecular weight is 298 g/mol. The van der Waals surface area contributed by atoms with Gasteiger partial charge in [-0.25, -0.2) is 0 Å². The van der Waals surface area contributed by atoms with E-state index in [2.05, 4.69) is 40.3 Å². The van der Waals surface area contributed by atoms with E-state index in [0.29, 0.717) is 5.92 Å². The maximum absolute atomic E-state index is 6.30. The van der Waals surface area contributed by atoms with Crippen LogP contribution in [0.5, 0.6) is 0 Å². The summed E-state index contributed by atoms with van der Waals surface area (Å²) in [6, 6.07) is 12.7. The fourth-order valence-corrected chi connectivity index (χ4v) is 3.43. The molecule has 0 aliphatic carbocycles. The van der Waals surface area contributed by atoms with E-state index in [0.717, 1.165) is 26.1 Å². The van der Waals surface area contributed by atoms with E-state index in [1.54, 1.807) is 0 Å². The van der Waals surface area contributed by atoms with Crippen LogP contribution in [-0.2, 0) is 7.05 Å². The van der Waals surface area contributed by atoms with E-state index < -0.39 is 0 Å². The summed E-state index contributed by atoms with van der Waals surface area (Å²) in [5.74, 6) is 0.659. The van der Waals surface area contributed by atoms with E-state index in [-0.39, 0.29) is 6.04 Å². The van der Waals surface area contributed by atoms with Crippen molar-refractivity contribution >= 4 is 0 Å². The highest BCUT2D eigenvalue weighted by molar-refractivity contribution is 5.18. The van der Waals surface area contributed by atoms with Crippen molar-refractivity contribution in [2.24, 2.45) is 12.8 Å². The molecule has 1 unspecified atom stereocenters. The van der Waals surface area contributed by atoms with Gasteiger partial charge in [-0.15, -0.1) is 0 Å². The van der Waals surface area contributed by atoms with E-state index in [4.69, 9.17) is 5.73 Å². The van der Waals surface area contributed by atoms with Crippen LogP contribution >= 0.6 is 0 Å². The van der Waals surface area contributed by atoms with Crippen molar-refractivity contribution < 1.29 is 0 Å². The quantitative estimate of drug-likeness (QED) is 0.923. The van der Waals surface area contributed by atoms with Crippen LogP contribution in [0, 0.1) is 0 Å². The number of benzene rings is 1. The van der Waals surface area contributed by atoms with Crippen molar-refractivity contribution in [1.82, 2.24) is 14.7 Å². The van der Waals surface area contributed by atoms with E-state index >= 15 is 0 Å². The van der Waals surface area contributed by atoms with Gasteiger partial charge in [0.2, 0.25) is 0 Å². The molecule has 0 spiro atoms. The van der Waals surface area contributed by atoms with E-state index in [1.807, 2.05) is 24.0 Å². The Morgan fingerprint density at radius 3 is 2.55 bits per heavy atom. The number of rotatable bonds is 5. The molecule has 0 saturated carbocycles. The molecule has 4 nitrogen and oxygen atoms in total. The van der Waals surface area contributed by atoms with Gasteiger partial charge in [-0.2, -0.15) is 5.10 Å². The second kappa shape index (κ2) is 7.07. The highest BCUT2D eigenvalue weighted by Crippen LogP contribution is 2.27. The third-order valence-corrected chi connectivity index (χ3v) is 4.85. The van der Waals surface area contributed by atoms with Crippen molar-refractivity contribution in [1.29, 1.82) is 0 Å². The zero-order valence-electron chi connectivity index (χ0n) is 13.4. The molecule has 1 aliphatic heterocycles. The van der Waals surface area contributed by atoms with Crippen molar-refractivity contribution in [3.8, 4) is 0 Å². The van der Waals surface area contributed by atoms with Crippen LogP contribution in [0.1, 0.15) is 42.5 Å². The minimum Gasteiger partial charge on any atom is -0.324 e. The molecular weight excluding hydrogens is 272 g/mol. The maximum atomic E-state index is 6.30. The Balaban J connectivity index is 1.45. The monoisotopic (exact) mass is 298 g/mol. The number of aromatic nitrogens is 2. The number of hydrogen-bond donors (Lipinski definition) is 1. The first-order chi connectivity index (χ1) is 10.7. The lowest BCUT2D eigenvalue weighted by atomic mass is 9.93. The predicted molar refractivity (Wildman–Crippen MR) is 89.6 cm³/mol. The fourth-order valence-electron chi connectivity index (χ4n) is 3.43. The number of aryl methyl sites for hydroxylation is 1. The molecule has 118 valence electrons. The van der Waals surface area contributed by atoms with E-state index in [1.165, 1.54) is 24.1 Å². The van der Waals surface area contributed by atoms with Gasteiger partial charge in [-0.05, 0) is 50.5 Å². The van der Waals surface area contributed by atoms with Gasteiger partial charge in [-0.3, -0.25) is 4.68 Å². The summed E-state index contributed by atoms with van der Waals surface area (Å²) in [6.07, 6.45) is 5.38. The van der Waals surface area contributed by atoms with Gasteiger partial charge < -0.3 is 10.6 Å². The lowest BCUT2D eigenvalue weighted by Crippen LogP contribution is -2.35. The molecule has 3 rings (SSSR count). The first-order valence-corrected chi connectivity index (χ1v) is 8.25. The van der Waals surface area contributed by atoms with Crippen LogP contribution in [-0.4, -0.2) is 34.3 Å². The zero-order chi connectivity index (χ0) is 15.4. The third kappa shape index (κ3) is 3.57. The molecule has 0 bridgehead atoms. The lowest BCUT2D eigenvalue weighted by Gasteiger charge is -2.32. The molecule has 4 heteroatoms. The van der Waals surface area contributed by atoms with Crippen molar-refractivity contribution in [3.05, 3.63) is 53.9 Å². The summed E-state index contributed by atoms with van der Waals surface area (Å²) in [7, 11) is 2.04. The normalized spacial score (nSPS) is 18.5.